The van der Waals surface area contributed by atoms with Gasteiger partial charge in [0.2, 0.25) is 0 Å². The molecule has 0 aromatic carbocycles. The van der Waals surface area contributed by atoms with E-state index in [0.29, 0.717) is 6.10 Å². The van der Waals surface area contributed by atoms with Crippen molar-refractivity contribution in [3.63, 3.8) is 0 Å². The van der Waals surface area contributed by atoms with Gasteiger partial charge in [-0.05, 0) is 57.5 Å². The summed E-state index contributed by atoms with van der Waals surface area (Å²) in [4.78, 5) is 2.73. The molecule has 2 aliphatic rings. The van der Waals surface area contributed by atoms with Crippen LogP contribution in [0.3, 0.4) is 0 Å². The van der Waals surface area contributed by atoms with Crippen molar-refractivity contribution in [3.8, 4) is 0 Å². The molecule has 4 nitrogen and oxygen atoms in total. The van der Waals surface area contributed by atoms with Gasteiger partial charge in [0.05, 0.1) is 12.7 Å². The zero-order chi connectivity index (χ0) is 14.2. The average molecular weight is 284 g/mol. The van der Waals surface area contributed by atoms with Gasteiger partial charge in [-0.15, -0.1) is 0 Å². The summed E-state index contributed by atoms with van der Waals surface area (Å²) in [7, 11) is 3.63. The van der Waals surface area contributed by atoms with E-state index in [1.807, 2.05) is 7.11 Å². The third-order valence-electron chi connectivity index (χ3n) is 4.91. The van der Waals surface area contributed by atoms with E-state index in [1.54, 1.807) is 7.11 Å². The quantitative estimate of drug-likeness (QED) is 0.724. The second-order valence-corrected chi connectivity index (χ2v) is 6.38. The van der Waals surface area contributed by atoms with Gasteiger partial charge in [0.25, 0.3) is 0 Å². The first-order valence-electron chi connectivity index (χ1n) is 8.30. The van der Waals surface area contributed by atoms with Gasteiger partial charge in [-0.3, -0.25) is 4.90 Å². The molecule has 1 N–H and O–H groups in total. The van der Waals surface area contributed by atoms with E-state index in [-0.39, 0.29) is 0 Å². The lowest BCUT2D eigenvalue weighted by Gasteiger charge is -2.41. The fraction of sp³-hybridized carbons (Fsp3) is 1.00. The van der Waals surface area contributed by atoms with Gasteiger partial charge in [-0.2, -0.15) is 0 Å². The summed E-state index contributed by atoms with van der Waals surface area (Å²) in [5, 5.41) is 3.52. The van der Waals surface area contributed by atoms with E-state index in [4.69, 9.17) is 9.47 Å². The number of likely N-dealkylation sites (tertiary alicyclic amines) is 1. The zero-order valence-electron chi connectivity index (χ0n) is 13.3. The van der Waals surface area contributed by atoms with Crippen molar-refractivity contribution in [2.45, 2.75) is 50.7 Å². The molecule has 0 aromatic rings. The van der Waals surface area contributed by atoms with Crippen LogP contribution in [-0.4, -0.2) is 64.1 Å². The van der Waals surface area contributed by atoms with E-state index in [1.165, 1.54) is 51.6 Å². The van der Waals surface area contributed by atoms with E-state index in [2.05, 4.69) is 10.2 Å². The maximum Gasteiger partial charge on any atom is 0.0587 e. The van der Waals surface area contributed by atoms with Gasteiger partial charge >= 0.3 is 0 Å². The molecule has 3 unspecified atom stereocenters. The highest BCUT2D eigenvalue weighted by Crippen LogP contribution is 2.28. The summed E-state index contributed by atoms with van der Waals surface area (Å²) >= 11 is 0. The van der Waals surface area contributed by atoms with Crippen LogP contribution >= 0.6 is 0 Å². The van der Waals surface area contributed by atoms with Crippen LogP contribution in [0.4, 0.5) is 0 Å². The van der Waals surface area contributed by atoms with Crippen LogP contribution in [0.25, 0.3) is 0 Å². The van der Waals surface area contributed by atoms with Crippen molar-refractivity contribution < 1.29 is 9.47 Å². The molecule has 20 heavy (non-hydrogen) atoms. The molecule has 0 radical (unpaired) electrons. The predicted octanol–water partition coefficient (Wildman–Crippen LogP) is 1.89. The van der Waals surface area contributed by atoms with Crippen molar-refractivity contribution in [2.75, 3.05) is 47.0 Å². The molecule has 3 atom stereocenters. The van der Waals surface area contributed by atoms with Crippen molar-refractivity contribution in [1.29, 1.82) is 0 Å². The molecule has 2 rings (SSSR count). The lowest BCUT2D eigenvalue weighted by molar-refractivity contribution is 0.0149. The first-order chi connectivity index (χ1) is 9.83. The van der Waals surface area contributed by atoms with Gasteiger partial charge < -0.3 is 14.8 Å². The van der Waals surface area contributed by atoms with Crippen LogP contribution in [-0.2, 0) is 9.47 Å². The Hall–Kier alpha value is -0.160. The lowest BCUT2D eigenvalue weighted by atomic mass is 9.88. The third kappa shape index (κ3) is 4.99. The highest BCUT2D eigenvalue weighted by molar-refractivity contribution is 4.85. The minimum Gasteiger partial charge on any atom is -0.383 e. The number of methoxy groups -OCH3 is 2. The average Bonchev–Trinajstić information content (AvgIpc) is 2.52. The highest BCUT2D eigenvalue weighted by atomic mass is 16.5. The number of rotatable bonds is 7. The fourth-order valence-electron chi connectivity index (χ4n) is 3.74. The number of hydrogen-bond acceptors (Lipinski definition) is 4. The number of hydrogen-bond donors (Lipinski definition) is 1. The second-order valence-electron chi connectivity index (χ2n) is 6.38. The fourth-order valence-corrected chi connectivity index (χ4v) is 3.74. The van der Waals surface area contributed by atoms with Crippen molar-refractivity contribution in [2.24, 2.45) is 5.92 Å². The monoisotopic (exact) mass is 284 g/mol. The Kier molecular flexibility index (Phi) is 7.28. The molecule has 0 bridgehead atoms. The van der Waals surface area contributed by atoms with Gasteiger partial charge in [0.1, 0.15) is 0 Å². The molecular weight excluding hydrogens is 252 g/mol. The first kappa shape index (κ1) is 16.2. The van der Waals surface area contributed by atoms with Crippen LogP contribution < -0.4 is 5.32 Å². The van der Waals surface area contributed by atoms with Gasteiger partial charge in [0.15, 0.2) is 0 Å². The van der Waals surface area contributed by atoms with Crippen molar-refractivity contribution >= 4 is 0 Å². The molecule has 1 aliphatic carbocycles. The standard InChI is InChI=1S/C16H32N2O2/c1-19-10-8-17-12-14-5-4-9-18(13-14)15-6-3-7-16(11-15)20-2/h14-17H,3-13H2,1-2H3. The Morgan fingerprint density at radius 2 is 2.05 bits per heavy atom. The Labute approximate surface area is 124 Å². The highest BCUT2D eigenvalue weighted by Gasteiger charge is 2.30. The molecule has 1 aliphatic heterocycles. The second kappa shape index (κ2) is 8.98. The van der Waals surface area contributed by atoms with Crippen molar-refractivity contribution in [3.05, 3.63) is 0 Å². The van der Waals surface area contributed by atoms with E-state index < -0.39 is 0 Å². The normalized spacial score (nSPS) is 32.4. The number of nitrogens with zero attached hydrogens (tertiary/aromatic N) is 1. The molecule has 0 aromatic heterocycles. The Morgan fingerprint density at radius 1 is 1.15 bits per heavy atom. The maximum atomic E-state index is 5.58. The summed E-state index contributed by atoms with van der Waals surface area (Å²) in [6.45, 7) is 5.48. The molecule has 0 amide bonds. The van der Waals surface area contributed by atoms with Gasteiger partial charge in [0, 0.05) is 33.4 Å². The van der Waals surface area contributed by atoms with Crippen molar-refractivity contribution in [1.82, 2.24) is 10.2 Å². The van der Waals surface area contributed by atoms with Crippen LogP contribution in [0.2, 0.25) is 0 Å². The number of piperidine rings is 1. The van der Waals surface area contributed by atoms with Gasteiger partial charge in [-0.1, -0.05) is 0 Å². The maximum absolute atomic E-state index is 5.58. The summed E-state index contributed by atoms with van der Waals surface area (Å²) in [5.41, 5.74) is 0. The molecule has 4 heteroatoms. The molecule has 118 valence electrons. The Bertz CT molecular complexity index is 263. The van der Waals surface area contributed by atoms with E-state index in [0.717, 1.165) is 31.7 Å². The molecule has 2 fully saturated rings. The molecule has 1 saturated heterocycles. The molecule has 1 saturated carbocycles. The largest absolute Gasteiger partial charge is 0.383 e. The topological polar surface area (TPSA) is 33.7 Å². The summed E-state index contributed by atoms with van der Waals surface area (Å²) < 4.78 is 10.7. The smallest absolute Gasteiger partial charge is 0.0587 e. The number of ether oxygens (including phenoxy) is 2. The zero-order valence-corrected chi connectivity index (χ0v) is 13.3. The van der Waals surface area contributed by atoms with Crippen LogP contribution in [0.5, 0.6) is 0 Å². The Balaban J connectivity index is 1.72. The summed E-state index contributed by atoms with van der Waals surface area (Å²) in [5.74, 6) is 0.809. The summed E-state index contributed by atoms with van der Waals surface area (Å²) in [6.07, 6.45) is 8.40. The van der Waals surface area contributed by atoms with Crippen LogP contribution in [0.15, 0.2) is 0 Å². The minimum absolute atomic E-state index is 0.494. The van der Waals surface area contributed by atoms with E-state index in [9.17, 15) is 0 Å². The molecule has 0 spiro atoms. The molecule has 1 heterocycles. The molecular formula is C16H32N2O2. The number of nitrogens with one attached hydrogen (secondary N) is 1. The lowest BCUT2D eigenvalue weighted by Crippen LogP contribution is -2.47. The summed E-state index contributed by atoms with van der Waals surface area (Å²) in [6, 6.07) is 0.760. The predicted molar refractivity (Wildman–Crippen MR) is 82.1 cm³/mol. The minimum atomic E-state index is 0.494. The third-order valence-corrected chi connectivity index (χ3v) is 4.91. The van der Waals surface area contributed by atoms with Crippen LogP contribution in [0.1, 0.15) is 38.5 Å². The first-order valence-corrected chi connectivity index (χ1v) is 8.30. The van der Waals surface area contributed by atoms with Crippen LogP contribution in [0, 0.1) is 5.92 Å². The SMILES string of the molecule is COCCNCC1CCCN(C2CCCC(OC)C2)C1. The van der Waals surface area contributed by atoms with E-state index >= 15 is 0 Å². The van der Waals surface area contributed by atoms with Gasteiger partial charge in [-0.25, -0.2) is 0 Å². The Morgan fingerprint density at radius 3 is 2.85 bits per heavy atom.